The Morgan fingerprint density at radius 3 is 1.91 bits per heavy atom. The standard InChI is InChI=1S/C40H22N4O2/c1-41-28-21-27(22-29(24-28)42-2)26-19-20-32-31-14-7-9-17-35(31)43(37(32)23-26)36-18-10-15-33-38(36)40(46)44(39(33)45)34-16-8-6-13-30(34)25-11-4-3-5-12-25/h3-24H. The molecular formula is C40H22N4O2. The van der Waals surface area contributed by atoms with E-state index in [1.165, 1.54) is 4.90 Å². The van der Waals surface area contributed by atoms with Gasteiger partial charge in [-0.3, -0.25) is 9.59 Å². The molecule has 0 saturated carbocycles. The third-order valence-corrected chi connectivity index (χ3v) is 8.53. The van der Waals surface area contributed by atoms with Gasteiger partial charge in [-0.2, -0.15) is 0 Å². The fraction of sp³-hybridized carbons (Fsp3) is 0. The lowest BCUT2D eigenvalue weighted by molar-refractivity contribution is 0.0926. The van der Waals surface area contributed by atoms with Crippen LogP contribution in [0, 0.1) is 13.1 Å². The summed E-state index contributed by atoms with van der Waals surface area (Å²) < 4.78 is 2.04. The molecule has 6 heteroatoms. The minimum atomic E-state index is -0.382. The lowest BCUT2D eigenvalue weighted by Crippen LogP contribution is -2.30. The van der Waals surface area contributed by atoms with Crippen LogP contribution in [0.1, 0.15) is 20.7 Å². The van der Waals surface area contributed by atoms with E-state index in [1.807, 2.05) is 114 Å². The van der Waals surface area contributed by atoms with Crippen LogP contribution < -0.4 is 4.90 Å². The Hall–Kier alpha value is -6.76. The summed E-state index contributed by atoms with van der Waals surface area (Å²) >= 11 is 0. The number of hydrogen-bond acceptors (Lipinski definition) is 2. The van der Waals surface area contributed by atoms with Gasteiger partial charge in [0.25, 0.3) is 11.8 Å². The molecule has 0 unspecified atom stereocenters. The molecule has 7 aromatic rings. The smallest absolute Gasteiger partial charge is 0.268 e. The number of carbonyl (C=O) groups excluding carboxylic acids is 2. The summed E-state index contributed by atoms with van der Waals surface area (Å²) in [6, 6.07) is 41.8. The van der Waals surface area contributed by atoms with Gasteiger partial charge in [-0.05, 0) is 47.0 Å². The molecule has 1 aliphatic heterocycles. The van der Waals surface area contributed by atoms with Crippen LogP contribution in [0.4, 0.5) is 17.1 Å². The number of hydrogen-bond donors (Lipinski definition) is 0. The molecule has 2 amide bonds. The van der Waals surface area contributed by atoms with E-state index in [4.69, 9.17) is 13.1 Å². The highest BCUT2D eigenvalue weighted by atomic mass is 16.2. The Morgan fingerprint density at radius 1 is 0.478 bits per heavy atom. The van der Waals surface area contributed by atoms with Crippen LogP contribution in [0.25, 0.3) is 59.4 Å². The number of amides is 2. The lowest BCUT2D eigenvalue weighted by Gasteiger charge is -2.18. The van der Waals surface area contributed by atoms with E-state index in [0.29, 0.717) is 33.9 Å². The number of rotatable bonds is 4. The highest BCUT2D eigenvalue weighted by molar-refractivity contribution is 6.36. The second kappa shape index (κ2) is 10.4. The number of fused-ring (bicyclic) bond motifs is 4. The highest BCUT2D eigenvalue weighted by Gasteiger charge is 2.40. The maximum atomic E-state index is 14.4. The van der Waals surface area contributed by atoms with Gasteiger partial charge in [0.05, 0.1) is 46.7 Å². The van der Waals surface area contributed by atoms with Gasteiger partial charge in [-0.1, -0.05) is 103 Å². The second-order valence-electron chi connectivity index (χ2n) is 11.1. The summed E-state index contributed by atoms with van der Waals surface area (Å²) in [5.41, 5.74) is 7.64. The van der Waals surface area contributed by atoms with Gasteiger partial charge in [0.15, 0.2) is 11.4 Å². The highest BCUT2D eigenvalue weighted by Crippen LogP contribution is 2.41. The number of para-hydroxylation sites is 2. The molecule has 0 atom stereocenters. The zero-order chi connectivity index (χ0) is 31.4. The minimum Gasteiger partial charge on any atom is -0.308 e. The molecule has 214 valence electrons. The summed E-state index contributed by atoms with van der Waals surface area (Å²) in [5.74, 6) is -0.748. The zero-order valence-electron chi connectivity index (χ0n) is 24.3. The molecule has 0 saturated heterocycles. The first-order valence-electron chi connectivity index (χ1n) is 14.7. The van der Waals surface area contributed by atoms with E-state index in [9.17, 15) is 9.59 Å². The first-order chi connectivity index (χ1) is 22.6. The topological polar surface area (TPSA) is 51.0 Å². The molecule has 0 fully saturated rings. The zero-order valence-corrected chi connectivity index (χ0v) is 24.3. The first-order valence-corrected chi connectivity index (χ1v) is 14.7. The third-order valence-electron chi connectivity index (χ3n) is 8.53. The van der Waals surface area contributed by atoms with E-state index in [1.54, 1.807) is 24.3 Å². The molecule has 0 aliphatic carbocycles. The molecule has 6 nitrogen and oxygen atoms in total. The van der Waals surface area contributed by atoms with Crippen molar-refractivity contribution >= 4 is 50.7 Å². The Bertz CT molecular complexity index is 2460. The minimum absolute atomic E-state index is 0.341. The van der Waals surface area contributed by atoms with Crippen LogP contribution in [-0.2, 0) is 0 Å². The first kappa shape index (κ1) is 26.8. The fourth-order valence-corrected chi connectivity index (χ4v) is 6.50. The van der Waals surface area contributed by atoms with Crippen molar-refractivity contribution in [1.82, 2.24) is 4.57 Å². The second-order valence-corrected chi connectivity index (χ2v) is 11.1. The molecule has 8 rings (SSSR count). The summed E-state index contributed by atoms with van der Waals surface area (Å²) in [6.45, 7) is 15.1. The Labute approximate surface area is 264 Å². The van der Waals surface area contributed by atoms with Crippen molar-refractivity contribution in [3.63, 3.8) is 0 Å². The van der Waals surface area contributed by atoms with Crippen LogP contribution >= 0.6 is 0 Å². The van der Waals surface area contributed by atoms with Crippen molar-refractivity contribution in [3.05, 3.63) is 167 Å². The van der Waals surface area contributed by atoms with Gasteiger partial charge in [-0.25, -0.2) is 14.6 Å². The SMILES string of the molecule is [C-]#[N+]c1cc([N+]#[C-])cc(-c2ccc3c4ccccc4n(-c4cccc5c4C(=O)N(c4ccccc4-c4ccccc4)C5=O)c3c2)c1. The largest absolute Gasteiger partial charge is 0.308 e. The Morgan fingerprint density at radius 2 is 1.13 bits per heavy atom. The average Bonchev–Trinajstić information content (AvgIpc) is 3.58. The molecule has 0 spiro atoms. The van der Waals surface area contributed by atoms with Crippen LogP contribution in [0.15, 0.2) is 133 Å². The van der Waals surface area contributed by atoms with Crippen LogP contribution in [0.3, 0.4) is 0 Å². The van der Waals surface area contributed by atoms with Crippen LogP contribution in [0.2, 0.25) is 0 Å². The van der Waals surface area contributed by atoms with Gasteiger partial charge in [0.2, 0.25) is 0 Å². The predicted molar refractivity (Wildman–Crippen MR) is 182 cm³/mol. The van der Waals surface area contributed by atoms with Crippen LogP contribution in [0.5, 0.6) is 0 Å². The number of anilines is 1. The van der Waals surface area contributed by atoms with E-state index >= 15 is 0 Å². The van der Waals surface area contributed by atoms with E-state index < -0.39 is 0 Å². The van der Waals surface area contributed by atoms with E-state index in [2.05, 4.69) is 9.69 Å². The van der Waals surface area contributed by atoms with Crippen molar-refractivity contribution in [2.75, 3.05) is 4.90 Å². The summed E-state index contributed by atoms with van der Waals surface area (Å²) in [4.78, 5) is 36.9. The van der Waals surface area contributed by atoms with Gasteiger partial charge in [0.1, 0.15) is 0 Å². The maximum absolute atomic E-state index is 14.4. The van der Waals surface area contributed by atoms with Gasteiger partial charge in [0, 0.05) is 16.3 Å². The summed E-state index contributed by atoms with van der Waals surface area (Å²) in [7, 11) is 0. The van der Waals surface area contributed by atoms with Crippen LogP contribution in [-0.4, -0.2) is 16.4 Å². The normalized spacial score (nSPS) is 12.3. The number of aromatic nitrogens is 1. The van der Waals surface area contributed by atoms with Crippen molar-refractivity contribution in [1.29, 1.82) is 0 Å². The lowest BCUT2D eigenvalue weighted by atomic mass is 10.0. The number of carbonyl (C=O) groups is 2. The Balaban J connectivity index is 1.35. The van der Waals surface area contributed by atoms with Gasteiger partial charge >= 0.3 is 0 Å². The maximum Gasteiger partial charge on any atom is 0.268 e. The molecular weight excluding hydrogens is 568 g/mol. The quantitative estimate of drug-likeness (QED) is 0.151. The van der Waals surface area contributed by atoms with Gasteiger partial charge < -0.3 is 4.57 Å². The third kappa shape index (κ3) is 4.02. The fourth-order valence-electron chi connectivity index (χ4n) is 6.50. The summed E-state index contributed by atoms with van der Waals surface area (Å²) in [5, 5.41) is 1.98. The van der Waals surface area contributed by atoms with Crippen molar-refractivity contribution in [2.24, 2.45) is 0 Å². The molecule has 1 aromatic heterocycles. The van der Waals surface area contributed by atoms with Gasteiger partial charge in [-0.15, -0.1) is 0 Å². The molecule has 46 heavy (non-hydrogen) atoms. The molecule has 6 aromatic carbocycles. The van der Waals surface area contributed by atoms with Crippen molar-refractivity contribution < 1.29 is 9.59 Å². The molecule has 0 radical (unpaired) electrons. The monoisotopic (exact) mass is 590 g/mol. The number of imide groups is 1. The Kier molecular flexibility index (Phi) is 6.10. The molecule has 2 heterocycles. The van der Waals surface area contributed by atoms with E-state index in [0.717, 1.165) is 44.1 Å². The van der Waals surface area contributed by atoms with Crippen molar-refractivity contribution in [3.8, 4) is 27.9 Å². The van der Waals surface area contributed by atoms with E-state index in [-0.39, 0.29) is 11.8 Å². The molecule has 1 aliphatic rings. The summed E-state index contributed by atoms with van der Waals surface area (Å²) in [6.07, 6.45) is 0. The molecule has 0 N–H and O–H groups in total. The number of benzene rings is 6. The predicted octanol–water partition coefficient (Wildman–Crippen LogP) is 10.0. The van der Waals surface area contributed by atoms with Crippen molar-refractivity contribution in [2.45, 2.75) is 0 Å². The molecule has 0 bridgehead atoms. The number of nitrogens with zero attached hydrogens (tertiary/aromatic N) is 4. The average molecular weight is 591 g/mol.